The highest BCUT2D eigenvalue weighted by molar-refractivity contribution is 5.95. The summed E-state index contributed by atoms with van der Waals surface area (Å²) in [5.74, 6) is 0.652. The molecule has 0 bridgehead atoms. The Hall–Kier alpha value is -2.27. The van der Waals surface area contributed by atoms with Crippen LogP contribution >= 0.6 is 0 Å². The molecule has 0 saturated heterocycles. The molecular formula is C15H12FN3O. The average molecular weight is 269 g/mol. The van der Waals surface area contributed by atoms with Gasteiger partial charge in [0.15, 0.2) is 0 Å². The second kappa shape index (κ2) is 3.86. The summed E-state index contributed by atoms with van der Waals surface area (Å²) in [6, 6.07) is 10.3. The van der Waals surface area contributed by atoms with E-state index >= 15 is 0 Å². The van der Waals surface area contributed by atoms with Gasteiger partial charge in [-0.15, -0.1) is 0 Å². The van der Waals surface area contributed by atoms with Crippen LogP contribution in [0.4, 0.5) is 4.39 Å². The highest BCUT2D eigenvalue weighted by Crippen LogP contribution is 2.42. The van der Waals surface area contributed by atoms with E-state index in [0.717, 1.165) is 23.8 Å². The summed E-state index contributed by atoms with van der Waals surface area (Å²) in [5, 5.41) is 5.30. The van der Waals surface area contributed by atoms with Crippen LogP contribution in [0.5, 0.6) is 0 Å². The molecule has 1 saturated carbocycles. The fourth-order valence-electron chi connectivity index (χ4n) is 2.34. The summed E-state index contributed by atoms with van der Waals surface area (Å²) in [5.41, 5.74) is 6.33. The van der Waals surface area contributed by atoms with Crippen LogP contribution in [0.3, 0.4) is 0 Å². The van der Waals surface area contributed by atoms with Crippen molar-refractivity contribution in [2.75, 3.05) is 0 Å². The summed E-state index contributed by atoms with van der Waals surface area (Å²) in [6.45, 7) is 0. The monoisotopic (exact) mass is 269 g/mol. The Labute approximate surface area is 114 Å². The highest BCUT2D eigenvalue weighted by Gasteiger charge is 2.45. The molecule has 1 aliphatic rings. The summed E-state index contributed by atoms with van der Waals surface area (Å²) in [7, 11) is 0. The van der Waals surface area contributed by atoms with Gasteiger partial charge in [0.25, 0.3) is 0 Å². The molecule has 4 rings (SSSR count). The Morgan fingerprint density at radius 3 is 2.60 bits per heavy atom. The van der Waals surface area contributed by atoms with Gasteiger partial charge in [-0.2, -0.15) is 4.98 Å². The van der Waals surface area contributed by atoms with Gasteiger partial charge in [0.1, 0.15) is 5.82 Å². The molecule has 5 heteroatoms. The Morgan fingerprint density at radius 1 is 1.10 bits per heavy atom. The van der Waals surface area contributed by atoms with Gasteiger partial charge in [0.2, 0.25) is 11.7 Å². The molecule has 0 aliphatic heterocycles. The molecule has 20 heavy (non-hydrogen) atoms. The molecule has 0 amide bonds. The first-order valence-corrected chi connectivity index (χ1v) is 6.48. The van der Waals surface area contributed by atoms with Crippen molar-refractivity contribution in [1.29, 1.82) is 0 Å². The van der Waals surface area contributed by atoms with E-state index in [1.165, 1.54) is 6.07 Å². The van der Waals surface area contributed by atoms with Crippen LogP contribution in [-0.2, 0) is 5.54 Å². The lowest BCUT2D eigenvalue weighted by Gasteiger charge is -2.03. The van der Waals surface area contributed by atoms with Crippen molar-refractivity contribution < 1.29 is 8.91 Å². The Balaban J connectivity index is 1.90. The van der Waals surface area contributed by atoms with Crippen molar-refractivity contribution in [2.24, 2.45) is 5.73 Å². The summed E-state index contributed by atoms with van der Waals surface area (Å²) >= 11 is 0. The third-order valence-electron chi connectivity index (χ3n) is 3.75. The lowest BCUT2D eigenvalue weighted by Crippen LogP contribution is -2.18. The number of aromatic nitrogens is 2. The van der Waals surface area contributed by atoms with E-state index in [1.807, 2.05) is 12.1 Å². The van der Waals surface area contributed by atoms with Crippen LogP contribution in [0.1, 0.15) is 18.7 Å². The Kier molecular flexibility index (Phi) is 2.23. The molecule has 0 atom stereocenters. The second-order valence-corrected chi connectivity index (χ2v) is 5.22. The molecule has 2 aromatic carbocycles. The Bertz CT molecular complexity index is 808. The van der Waals surface area contributed by atoms with Crippen LogP contribution in [0.15, 0.2) is 40.9 Å². The normalized spacial score (nSPS) is 16.5. The van der Waals surface area contributed by atoms with Crippen LogP contribution in [0, 0.1) is 5.82 Å². The number of nitrogens with zero attached hydrogens (tertiary/aromatic N) is 2. The van der Waals surface area contributed by atoms with E-state index < -0.39 is 5.54 Å². The van der Waals surface area contributed by atoms with Crippen LogP contribution < -0.4 is 5.73 Å². The van der Waals surface area contributed by atoms with E-state index in [0.29, 0.717) is 17.1 Å². The fraction of sp³-hybridized carbons (Fsp3) is 0.200. The molecule has 0 radical (unpaired) electrons. The maximum atomic E-state index is 13.8. The van der Waals surface area contributed by atoms with Gasteiger partial charge in [0, 0.05) is 10.9 Å². The molecule has 2 N–H and O–H groups in total. The first-order chi connectivity index (χ1) is 9.67. The average Bonchev–Trinajstić information content (AvgIpc) is 3.03. The molecule has 0 unspecified atom stereocenters. The standard InChI is InChI=1S/C15H12FN3O/c16-12-6-5-11(9-3-1-2-4-10(9)12)13-18-14(20-19-13)15(17)7-8-15/h1-6H,7-8,17H2. The number of rotatable bonds is 2. The number of benzene rings is 2. The Morgan fingerprint density at radius 2 is 1.85 bits per heavy atom. The molecule has 100 valence electrons. The fourth-order valence-corrected chi connectivity index (χ4v) is 2.34. The van der Waals surface area contributed by atoms with E-state index in [-0.39, 0.29) is 5.82 Å². The smallest absolute Gasteiger partial charge is 0.247 e. The van der Waals surface area contributed by atoms with Crippen molar-refractivity contribution in [2.45, 2.75) is 18.4 Å². The molecule has 4 nitrogen and oxygen atoms in total. The molecule has 1 aliphatic carbocycles. The predicted octanol–water partition coefficient (Wildman–Crippen LogP) is 2.98. The molecule has 1 fully saturated rings. The van der Waals surface area contributed by atoms with E-state index in [4.69, 9.17) is 10.3 Å². The number of fused-ring (bicyclic) bond motifs is 1. The van der Waals surface area contributed by atoms with Crippen molar-refractivity contribution in [3.8, 4) is 11.4 Å². The van der Waals surface area contributed by atoms with Crippen LogP contribution in [-0.4, -0.2) is 10.1 Å². The quantitative estimate of drug-likeness (QED) is 0.776. The maximum Gasteiger partial charge on any atom is 0.247 e. The van der Waals surface area contributed by atoms with Crippen LogP contribution in [0.2, 0.25) is 0 Å². The van der Waals surface area contributed by atoms with E-state index in [2.05, 4.69) is 10.1 Å². The SMILES string of the molecule is NC1(c2nc(-c3ccc(F)c4ccccc34)no2)CC1. The summed E-state index contributed by atoms with van der Waals surface area (Å²) in [6.07, 6.45) is 1.72. The summed E-state index contributed by atoms with van der Waals surface area (Å²) < 4.78 is 19.0. The summed E-state index contributed by atoms with van der Waals surface area (Å²) in [4.78, 5) is 4.37. The minimum absolute atomic E-state index is 0.259. The van der Waals surface area contributed by atoms with Gasteiger partial charge in [-0.25, -0.2) is 4.39 Å². The van der Waals surface area contributed by atoms with Gasteiger partial charge < -0.3 is 10.3 Å². The maximum absolute atomic E-state index is 13.8. The largest absolute Gasteiger partial charge is 0.337 e. The zero-order chi connectivity index (χ0) is 13.7. The first kappa shape index (κ1) is 11.5. The van der Waals surface area contributed by atoms with Crippen molar-refractivity contribution in [1.82, 2.24) is 10.1 Å². The minimum atomic E-state index is -0.457. The number of hydrogen-bond donors (Lipinski definition) is 1. The van der Waals surface area contributed by atoms with Crippen molar-refractivity contribution in [3.05, 3.63) is 48.1 Å². The number of nitrogens with two attached hydrogens (primary N) is 1. The van der Waals surface area contributed by atoms with Crippen molar-refractivity contribution >= 4 is 10.8 Å². The molecule has 1 heterocycles. The van der Waals surface area contributed by atoms with Crippen molar-refractivity contribution in [3.63, 3.8) is 0 Å². The lowest BCUT2D eigenvalue weighted by atomic mass is 10.0. The highest BCUT2D eigenvalue weighted by atomic mass is 19.1. The molecule has 3 aromatic rings. The zero-order valence-electron chi connectivity index (χ0n) is 10.6. The third-order valence-corrected chi connectivity index (χ3v) is 3.75. The number of hydrogen-bond acceptors (Lipinski definition) is 4. The van der Waals surface area contributed by atoms with Gasteiger partial charge in [-0.1, -0.05) is 29.4 Å². The van der Waals surface area contributed by atoms with Gasteiger partial charge in [0.05, 0.1) is 5.54 Å². The second-order valence-electron chi connectivity index (χ2n) is 5.22. The first-order valence-electron chi connectivity index (χ1n) is 6.48. The predicted molar refractivity (Wildman–Crippen MR) is 72.3 cm³/mol. The lowest BCUT2D eigenvalue weighted by molar-refractivity contribution is 0.348. The van der Waals surface area contributed by atoms with E-state index in [9.17, 15) is 4.39 Å². The van der Waals surface area contributed by atoms with Gasteiger partial charge >= 0.3 is 0 Å². The minimum Gasteiger partial charge on any atom is -0.337 e. The van der Waals surface area contributed by atoms with Gasteiger partial charge in [-0.3, -0.25) is 0 Å². The van der Waals surface area contributed by atoms with Crippen LogP contribution in [0.25, 0.3) is 22.2 Å². The topological polar surface area (TPSA) is 64.9 Å². The molecule has 0 spiro atoms. The number of halogens is 1. The third kappa shape index (κ3) is 1.63. The van der Waals surface area contributed by atoms with Gasteiger partial charge in [-0.05, 0) is 30.4 Å². The zero-order valence-corrected chi connectivity index (χ0v) is 10.6. The molecule has 1 aromatic heterocycles. The molecular weight excluding hydrogens is 257 g/mol. The van der Waals surface area contributed by atoms with E-state index in [1.54, 1.807) is 18.2 Å².